The maximum atomic E-state index is 9.07. The van der Waals surface area contributed by atoms with Crippen LogP contribution >= 0.6 is 0 Å². The number of para-hydroxylation sites is 1. The lowest BCUT2D eigenvalue weighted by Crippen LogP contribution is -1.98. The summed E-state index contributed by atoms with van der Waals surface area (Å²) in [4.78, 5) is 0. The number of tetrazole rings is 1. The highest BCUT2D eigenvalue weighted by atomic mass is 16.5. The van der Waals surface area contributed by atoms with Gasteiger partial charge in [-0.2, -0.15) is 15.7 Å². The van der Waals surface area contributed by atoms with Gasteiger partial charge >= 0.3 is 0 Å². The molecule has 0 atom stereocenters. The highest BCUT2D eigenvalue weighted by molar-refractivity contribution is 5.76. The van der Waals surface area contributed by atoms with E-state index in [1.807, 2.05) is 12.1 Å². The Hall–Kier alpha value is -3.39. The van der Waals surface area contributed by atoms with Gasteiger partial charge in [-0.25, -0.2) is 0 Å². The maximum Gasteiger partial charge on any atom is 0.216 e. The topological polar surface area (TPSA) is 123 Å². The molecule has 2 N–H and O–H groups in total. The lowest BCUT2D eigenvalue weighted by molar-refractivity contribution is 0.416. The molecule has 20 heavy (non-hydrogen) atoms. The van der Waals surface area contributed by atoms with Gasteiger partial charge in [-0.15, -0.1) is 10.2 Å². The van der Waals surface area contributed by atoms with E-state index in [-0.39, 0.29) is 11.4 Å². The fourth-order valence-corrected chi connectivity index (χ4v) is 1.51. The number of rotatable bonds is 4. The van der Waals surface area contributed by atoms with Crippen LogP contribution in [0.4, 0.5) is 5.69 Å². The molecule has 0 radical (unpaired) electrons. The van der Waals surface area contributed by atoms with Gasteiger partial charge in [0.2, 0.25) is 5.82 Å². The van der Waals surface area contributed by atoms with Crippen molar-refractivity contribution in [1.82, 2.24) is 20.6 Å². The Balaban J connectivity index is 2.36. The Labute approximate surface area is 114 Å². The van der Waals surface area contributed by atoms with Gasteiger partial charge in [-0.1, -0.05) is 6.07 Å². The van der Waals surface area contributed by atoms with Crippen LogP contribution in [0.15, 0.2) is 24.4 Å². The SMILES string of the molecule is COc1cccc(C#N)c1NC=C(C#N)c1nn[nH]n1. The standard InChI is InChI=1S/C12H9N7O/c1-20-10-4-2-3-8(5-13)11(10)15-7-9(6-14)12-16-18-19-17-12/h2-4,7,15H,1H3,(H,16,17,18,19). The van der Waals surface area contributed by atoms with Crippen molar-refractivity contribution in [3.05, 3.63) is 35.8 Å². The van der Waals surface area contributed by atoms with E-state index < -0.39 is 0 Å². The van der Waals surface area contributed by atoms with Crippen molar-refractivity contribution < 1.29 is 4.74 Å². The molecule has 0 aliphatic heterocycles. The van der Waals surface area contributed by atoms with Crippen LogP contribution in [0.1, 0.15) is 11.4 Å². The number of hydrogen-bond acceptors (Lipinski definition) is 7. The normalized spacial score (nSPS) is 10.4. The van der Waals surface area contributed by atoms with Crippen molar-refractivity contribution in [2.75, 3.05) is 12.4 Å². The van der Waals surface area contributed by atoms with E-state index in [4.69, 9.17) is 15.3 Å². The van der Waals surface area contributed by atoms with E-state index in [0.717, 1.165) is 0 Å². The molecule has 1 aromatic carbocycles. The summed E-state index contributed by atoms with van der Waals surface area (Å²) < 4.78 is 5.17. The molecule has 0 aliphatic rings. The Morgan fingerprint density at radius 3 is 2.90 bits per heavy atom. The molecule has 8 heteroatoms. The van der Waals surface area contributed by atoms with Gasteiger partial charge in [0.05, 0.1) is 18.4 Å². The number of hydrogen-bond donors (Lipinski definition) is 2. The number of methoxy groups -OCH3 is 1. The van der Waals surface area contributed by atoms with Crippen molar-refractivity contribution in [3.8, 4) is 17.9 Å². The first-order valence-electron chi connectivity index (χ1n) is 5.48. The maximum absolute atomic E-state index is 9.07. The number of ether oxygens (including phenoxy) is 1. The fourth-order valence-electron chi connectivity index (χ4n) is 1.51. The fraction of sp³-hybridized carbons (Fsp3) is 0.0833. The van der Waals surface area contributed by atoms with E-state index in [9.17, 15) is 0 Å². The molecule has 0 amide bonds. The first-order valence-corrected chi connectivity index (χ1v) is 5.48. The van der Waals surface area contributed by atoms with E-state index in [2.05, 4.69) is 25.9 Å². The molecule has 98 valence electrons. The number of aromatic amines is 1. The van der Waals surface area contributed by atoms with Crippen LogP contribution < -0.4 is 10.1 Å². The smallest absolute Gasteiger partial charge is 0.216 e. The molecule has 0 bridgehead atoms. The van der Waals surface area contributed by atoms with Gasteiger partial charge in [0.1, 0.15) is 23.5 Å². The number of nitriles is 2. The predicted molar refractivity (Wildman–Crippen MR) is 69.1 cm³/mol. The van der Waals surface area contributed by atoms with Gasteiger partial charge < -0.3 is 10.1 Å². The van der Waals surface area contributed by atoms with Crippen molar-refractivity contribution in [2.24, 2.45) is 0 Å². The van der Waals surface area contributed by atoms with Crippen LogP contribution in [-0.4, -0.2) is 27.7 Å². The van der Waals surface area contributed by atoms with Crippen molar-refractivity contribution in [3.63, 3.8) is 0 Å². The van der Waals surface area contributed by atoms with Gasteiger partial charge in [-0.3, -0.25) is 0 Å². The largest absolute Gasteiger partial charge is 0.495 e. The van der Waals surface area contributed by atoms with E-state index in [1.54, 1.807) is 18.2 Å². The molecule has 1 aromatic heterocycles. The zero-order valence-electron chi connectivity index (χ0n) is 10.5. The minimum atomic E-state index is 0.161. The third-order valence-electron chi connectivity index (χ3n) is 2.43. The van der Waals surface area contributed by atoms with Crippen LogP contribution in [-0.2, 0) is 0 Å². The number of anilines is 1. The lowest BCUT2D eigenvalue weighted by Gasteiger charge is -2.09. The summed E-state index contributed by atoms with van der Waals surface area (Å²) in [6.07, 6.45) is 1.39. The number of nitrogens with zero attached hydrogens (tertiary/aromatic N) is 5. The Morgan fingerprint density at radius 1 is 1.45 bits per heavy atom. The third-order valence-corrected chi connectivity index (χ3v) is 2.43. The number of nitrogens with one attached hydrogen (secondary N) is 2. The minimum absolute atomic E-state index is 0.161. The monoisotopic (exact) mass is 267 g/mol. The highest BCUT2D eigenvalue weighted by Crippen LogP contribution is 2.28. The van der Waals surface area contributed by atoms with Gasteiger partial charge in [0.25, 0.3) is 0 Å². The Morgan fingerprint density at radius 2 is 2.30 bits per heavy atom. The second-order valence-electron chi connectivity index (χ2n) is 3.54. The van der Waals surface area contributed by atoms with Crippen molar-refractivity contribution in [1.29, 1.82) is 10.5 Å². The van der Waals surface area contributed by atoms with E-state index in [1.165, 1.54) is 13.3 Å². The molecular weight excluding hydrogens is 258 g/mol. The quantitative estimate of drug-likeness (QED) is 0.793. The summed E-state index contributed by atoms with van der Waals surface area (Å²) in [6, 6.07) is 9.03. The van der Waals surface area contributed by atoms with Gasteiger partial charge in [-0.05, 0) is 17.3 Å². The molecule has 0 saturated heterocycles. The lowest BCUT2D eigenvalue weighted by atomic mass is 10.1. The highest BCUT2D eigenvalue weighted by Gasteiger charge is 2.10. The molecule has 1 heterocycles. The summed E-state index contributed by atoms with van der Waals surface area (Å²) in [6.45, 7) is 0. The Bertz CT molecular complexity index is 706. The molecule has 0 saturated carbocycles. The summed E-state index contributed by atoms with van der Waals surface area (Å²) >= 11 is 0. The van der Waals surface area contributed by atoms with Crippen LogP contribution in [0, 0.1) is 22.7 Å². The second kappa shape index (κ2) is 5.98. The number of allylic oxidation sites excluding steroid dienone is 1. The third kappa shape index (κ3) is 2.54. The molecule has 0 unspecified atom stereocenters. The van der Waals surface area contributed by atoms with Gasteiger partial charge in [0.15, 0.2) is 0 Å². The van der Waals surface area contributed by atoms with E-state index in [0.29, 0.717) is 17.0 Å². The Kier molecular flexibility index (Phi) is 3.90. The molecule has 0 fully saturated rings. The molecule has 2 aromatic rings. The summed E-state index contributed by atoms with van der Waals surface area (Å²) in [5.74, 6) is 0.652. The summed E-state index contributed by atoms with van der Waals surface area (Å²) in [5, 5.41) is 34.1. The zero-order valence-corrected chi connectivity index (χ0v) is 10.5. The van der Waals surface area contributed by atoms with Crippen LogP contribution in [0.3, 0.4) is 0 Å². The van der Waals surface area contributed by atoms with Crippen LogP contribution in [0.2, 0.25) is 0 Å². The number of H-pyrrole nitrogens is 1. The molecule has 0 spiro atoms. The van der Waals surface area contributed by atoms with Gasteiger partial charge in [0, 0.05) is 6.20 Å². The molecule has 8 nitrogen and oxygen atoms in total. The van der Waals surface area contributed by atoms with Crippen LogP contribution in [0.25, 0.3) is 5.57 Å². The second-order valence-corrected chi connectivity index (χ2v) is 3.54. The average Bonchev–Trinajstić information content (AvgIpc) is 3.02. The summed E-state index contributed by atoms with van der Waals surface area (Å²) in [7, 11) is 1.50. The van der Waals surface area contributed by atoms with E-state index >= 15 is 0 Å². The first kappa shape index (κ1) is 13.1. The molecule has 0 aliphatic carbocycles. The van der Waals surface area contributed by atoms with Crippen LogP contribution in [0.5, 0.6) is 5.75 Å². The first-order chi connectivity index (χ1) is 9.80. The number of aromatic nitrogens is 4. The van der Waals surface area contributed by atoms with Crippen molar-refractivity contribution >= 4 is 11.3 Å². The zero-order chi connectivity index (χ0) is 14.4. The average molecular weight is 267 g/mol. The van der Waals surface area contributed by atoms with Crippen molar-refractivity contribution in [2.45, 2.75) is 0 Å². The number of benzene rings is 1. The summed E-state index contributed by atoms with van der Waals surface area (Å²) in [5.41, 5.74) is 1.04. The predicted octanol–water partition coefficient (Wildman–Crippen LogP) is 1.06. The minimum Gasteiger partial charge on any atom is -0.495 e. The molecular formula is C12H9N7O. The molecule has 2 rings (SSSR count).